The number of fused-ring (bicyclic) bond motifs is 1. The van der Waals surface area contributed by atoms with Crippen molar-refractivity contribution in [1.82, 2.24) is 5.43 Å². The van der Waals surface area contributed by atoms with Crippen molar-refractivity contribution in [3.05, 3.63) is 56.8 Å². The van der Waals surface area contributed by atoms with Gasteiger partial charge in [-0.15, -0.1) is 11.3 Å². The lowest BCUT2D eigenvalue weighted by Crippen LogP contribution is -2.29. The van der Waals surface area contributed by atoms with E-state index in [2.05, 4.69) is 11.5 Å². The Hall–Kier alpha value is -1.30. The van der Waals surface area contributed by atoms with Gasteiger partial charge in [0.1, 0.15) is 11.6 Å². The fourth-order valence-electron chi connectivity index (χ4n) is 2.69. The summed E-state index contributed by atoms with van der Waals surface area (Å²) in [6.45, 7) is 0. The summed E-state index contributed by atoms with van der Waals surface area (Å²) >= 11 is 1.73. The zero-order valence-corrected chi connectivity index (χ0v) is 11.8. The smallest absolute Gasteiger partial charge is 0.126 e. The normalized spacial score (nSPS) is 15.3. The Morgan fingerprint density at radius 1 is 1.25 bits per heavy atom. The number of benzene rings is 1. The number of hydrogen-bond donors (Lipinski definition) is 2. The van der Waals surface area contributed by atoms with E-state index in [1.165, 1.54) is 22.9 Å². The van der Waals surface area contributed by atoms with Gasteiger partial charge < -0.3 is 0 Å². The number of halogens is 2. The molecule has 1 heterocycles. The molecule has 0 radical (unpaired) electrons. The molecule has 5 heteroatoms. The van der Waals surface area contributed by atoms with Crippen LogP contribution in [0.1, 0.15) is 33.3 Å². The molecule has 20 heavy (non-hydrogen) atoms. The summed E-state index contributed by atoms with van der Waals surface area (Å²) in [6, 6.07) is 5.49. The Balaban J connectivity index is 1.84. The van der Waals surface area contributed by atoms with Crippen LogP contribution in [0.15, 0.2) is 24.3 Å². The van der Waals surface area contributed by atoms with Gasteiger partial charge in [-0.3, -0.25) is 11.3 Å². The van der Waals surface area contributed by atoms with E-state index in [0.29, 0.717) is 12.0 Å². The molecule has 0 saturated carbocycles. The zero-order chi connectivity index (χ0) is 14.1. The monoisotopic (exact) mass is 294 g/mol. The van der Waals surface area contributed by atoms with Gasteiger partial charge in [-0.25, -0.2) is 8.78 Å². The van der Waals surface area contributed by atoms with Crippen LogP contribution in [0.5, 0.6) is 0 Å². The second-order valence-electron chi connectivity index (χ2n) is 5.11. The van der Waals surface area contributed by atoms with Crippen LogP contribution in [0.4, 0.5) is 8.78 Å². The maximum atomic E-state index is 13.7. The maximum Gasteiger partial charge on any atom is 0.126 e. The average molecular weight is 294 g/mol. The first-order valence-corrected chi connectivity index (χ1v) is 7.50. The van der Waals surface area contributed by atoms with Crippen molar-refractivity contribution in [2.75, 3.05) is 0 Å². The second kappa shape index (κ2) is 5.60. The first-order valence-electron chi connectivity index (χ1n) is 6.69. The minimum atomic E-state index is -0.425. The van der Waals surface area contributed by atoms with Crippen molar-refractivity contribution in [1.29, 1.82) is 0 Å². The topological polar surface area (TPSA) is 38.0 Å². The third-order valence-corrected chi connectivity index (χ3v) is 5.09. The first kappa shape index (κ1) is 13.7. The Labute approximate surface area is 120 Å². The number of nitrogens with one attached hydrogen (secondary N) is 1. The van der Waals surface area contributed by atoms with Crippen LogP contribution >= 0.6 is 11.3 Å². The molecule has 1 aromatic heterocycles. The standard InChI is InChI=1S/C15H16F2N2S/c16-11-4-5-12(17)10(6-11)7-13(19-18)15-8-9-2-1-3-14(9)20-15/h4-6,8,13,19H,1-3,7,18H2. The van der Waals surface area contributed by atoms with E-state index in [1.807, 2.05) is 0 Å². The Morgan fingerprint density at radius 2 is 2.10 bits per heavy atom. The van der Waals surface area contributed by atoms with E-state index in [-0.39, 0.29) is 6.04 Å². The summed E-state index contributed by atoms with van der Waals surface area (Å²) in [6.07, 6.45) is 3.78. The molecule has 0 fully saturated rings. The second-order valence-corrected chi connectivity index (χ2v) is 6.28. The molecule has 1 aromatic carbocycles. The summed E-state index contributed by atoms with van der Waals surface area (Å²) in [7, 11) is 0. The van der Waals surface area contributed by atoms with Crippen LogP contribution in [-0.4, -0.2) is 0 Å². The van der Waals surface area contributed by atoms with Crippen molar-refractivity contribution < 1.29 is 8.78 Å². The highest BCUT2D eigenvalue weighted by molar-refractivity contribution is 7.12. The van der Waals surface area contributed by atoms with E-state index >= 15 is 0 Å². The van der Waals surface area contributed by atoms with Crippen molar-refractivity contribution in [3.8, 4) is 0 Å². The van der Waals surface area contributed by atoms with E-state index < -0.39 is 11.6 Å². The lowest BCUT2D eigenvalue weighted by atomic mass is 10.0. The summed E-state index contributed by atoms with van der Waals surface area (Å²) in [5.74, 6) is 4.78. The van der Waals surface area contributed by atoms with E-state index in [9.17, 15) is 8.78 Å². The first-order chi connectivity index (χ1) is 9.67. The van der Waals surface area contributed by atoms with Crippen LogP contribution in [0.3, 0.4) is 0 Å². The minimum absolute atomic E-state index is 0.179. The number of hydrazine groups is 1. The molecule has 1 aliphatic rings. The molecular weight excluding hydrogens is 278 g/mol. The molecule has 2 aromatic rings. The van der Waals surface area contributed by atoms with Gasteiger partial charge in [0.15, 0.2) is 0 Å². The molecular formula is C15H16F2N2S. The molecule has 0 amide bonds. The fraction of sp³-hybridized carbons (Fsp3) is 0.333. The van der Waals surface area contributed by atoms with Gasteiger partial charge in [0.25, 0.3) is 0 Å². The van der Waals surface area contributed by atoms with Crippen molar-refractivity contribution in [2.24, 2.45) is 5.84 Å². The molecule has 3 N–H and O–H groups in total. The molecule has 0 spiro atoms. The molecule has 1 atom stereocenters. The van der Waals surface area contributed by atoms with Crippen LogP contribution in [-0.2, 0) is 19.3 Å². The van der Waals surface area contributed by atoms with Crippen LogP contribution in [0.25, 0.3) is 0 Å². The number of nitrogens with two attached hydrogens (primary N) is 1. The Bertz CT molecular complexity index is 603. The fourth-order valence-corrected chi connectivity index (χ4v) is 4.00. The van der Waals surface area contributed by atoms with Crippen LogP contribution < -0.4 is 11.3 Å². The minimum Gasteiger partial charge on any atom is -0.271 e. The van der Waals surface area contributed by atoms with Gasteiger partial charge in [-0.05, 0) is 61.1 Å². The van der Waals surface area contributed by atoms with Gasteiger partial charge >= 0.3 is 0 Å². The van der Waals surface area contributed by atoms with Crippen LogP contribution in [0, 0.1) is 11.6 Å². The SMILES string of the molecule is NNC(Cc1cc(F)ccc1F)c1cc2c(s1)CCC2. The predicted molar refractivity (Wildman–Crippen MR) is 76.5 cm³/mol. The highest BCUT2D eigenvalue weighted by Crippen LogP contribution is 2.34. The zero-order valence-electron chi connectivity index (χ0n) is 11.0. The Kier molecular flexibility index (Phi) is 3.83. The summed E-state index contributed by atoms with van der Waals surface area (Å²) in [5, 5.41) is 0. The third-order valence-electron chi connectivity index (χ3n) is 3.74. The summed E-state index contributed by atoms with van der Waals surface area (Å²) in [4.78, 5) is 2.50. The van der Waals surface area contributed by atoms with Gasteiger partial charge in [-0.1, -0.05) is 0 Å². The van der Waals surface area contributed by atoms with Gasteiger partial charge in [0, 0.05) is 9.75 Å². The van der Waals surface area contributed by atoms with Crippen molar-refractivity contribution in [2.45, 2.75) is 31.7 Å². The molecule has 106 valence electrons. The number of aryl methyl sites for hydroxylation is 2. The molecule has 1 unspecified atom stereocenters. The summed E-state index contributed by atoms with van der Waals surface area (Å²) in [5.41, 5.74) is 4.45. The van der Waals surface area contributed by atoms with Crippen molar-refractivity contribution in [3.63, 3.8) is 0 Å². The molecule has 0 aliphatic heterocycles. The molecule has 1 aliphatic carbocycles. The number of thiophene rings is 1. The van der Waals surface area contributed by atoms with Gasteiger partial charge in [-0.2, -0.15) is 0 Å². The van der Waals surface area contributed by atoms with Gasteiger partial charge in [0.2, 0.25) is 0 Å². The third kappa shape index (κ3) is 2.61. The maximum absolute atomic E-state index is 13.7. The quantitative estimate of drug-likeness (QED) is 0.671. The lowest BCUT2D eigenvalue weighted by Gasteiger charge is -2.15. The highest BCUT2D eigenvalue weighted by Gasteiger charge is 2.20. The van der Waals surface area contributed by atoms with E-state index in [4.69, 9.17) is 5.84 Å². The van der Waals surface area contributed by atoms with E-state index in [1.54, 1.807) is 11.3 Å². The van der Waals surface area contributed by atoms with Crippen LogP contribution in [0.2, 0.25) is 0 Å². The van der Waals surface area contributed by atoms with Gasteiger partial charge in [0.05, 0.1) is 6.04 Å². The average Bonchev–Trinajstić information content (AvgIpc) is 3.00. The Morgan fingerprint density at radius 3 is 2.85 bits per heavy atom. The predicted octanol–water partition coefficient (Wildman–Crippen LogP) is 3.26. The van der Waals surface area contributed by atoms with Crippen molar-refractivity contribution >= 4 is 11.3 Å². The van der Waals surface area contributed by atoms with E-state index in [0.717, 1.165) is 29.9 Å². The molecule has 3 rings (SSSR count). The number of hydrogen-bond acceptors (Lipinski definition) is 3. The largest absolute Gasteiger partial charge is 0.271 e. The summed E-state index contributed by atoms with van der Waals surface area (Å²) < 4.78 is 26.9. The highest BCUT2D eigenvalue weighted by atomic mass is 32.1. The molecule has 0 saturated heterocycles. The molecule has 2 nitrogen and oxygen atoms in total. The molecule has 0 bridgehead atoms. The lowest BCUT2D eigenvalue weighted by molar-refractivity contribution is 0.528. The number of rotatable bonds is 4.